The normalized spacial score (nSPS) is 11.0. The molecule has 58 valence electrons. The summed E-state index contributed by atoms with van der Waals surface area (Å²) in [7, 11) is 0. The highest BCUT2D eigenvalue weighted by molar-refractivity contribution is 4.73. The highest BCUT2D eigenvalue weighted by atomic mass is 14.8. The molecule has 0 heterocycles. The zero-order chi connectivity index (χ0) is 8.04. The van der Waals surface area contributed by atoms with Crippen molar-refractivity contribution in [3.8, 4) is 6.07 Å². The highest BCUT2D eigenvalue weighted by Crippen LogP contribution is 2.16. The first-order chi connectivity index (χ1) is 4.56. The third kappa shape index (κ3) is 7.45. The van der Waals surface area contributed by atoms with E-state index in [1.165, 1.54) is 0 Å². The van der Waals surface area contributed by atoms with Gasteiger partial charge in [-0.05, 0) is 18.4 Å². The molecule has 10 heavy (non-hydrogen) atoms. The second-order valence-corrected chi connectivity index (χ2v) is 3.65. The number of hydrogen-bond donors (Lipinski definition) is 1. The summed E-state index contributed by atoms with van der Waals surface area (Å²) in [5.74, 6) is 0. The first-order valence-corrected chi connectivity index (χ1v) is 3.64. The highest BCUT2D eigenvalue weighted by Gasteiger charge is 2.07. The standard InChI is InChI=1S/C8H16N2/c1-8(2,3)4-6-10-7-5-9/h10H,4,6-7H2,1-3H3. The van der Waals surface area contributed by atoms with Crippen LogP contribution in [0, 0.1) is 16.7 Å². The second-order valence-electron chi connectivity index (χ2n) is 3.65. The van der Waals surface area contributed by atoms with E-state index in [0.717, 1.165) is 13.0 Å². The molecule has 0 atom stereocenters. The zero-order valence-corrected chi connectivity index (χ0v) is 7.07. The Hall–Kier alpha value is -0.550. The molecule has 0 saturated heterocycles. The van der Waals surface area contributed by atoms with Crippen molar-refractivity contribution in [1.82, 2.24) is 5.32 Å². The maximum Gasteiger partial charge on any atom is 0.0840 e. The lowest BCUT2D eigenvalue weighted by Crippen LogP contribution is -2.20. The third-order valence-corrected chi connectivity index (χ3v) is 1.26. The molecule has 0 amide bonds. The monoisotopic (exact) mass is 140 g/mol. The summed E-state index contributed by atoms with van der Waals surface area (Å²) in [5, 5.41) is 11.2. The molecule has 0 saturated carbocycles. The quantitative estimate of drug-likeness (QED) is 0.476. The molecule has 0 unspecified atom stereocenters. The van der Waals surface area contributed by atoms with Gasteiger partial charge >= 0.3 is 0 Å². The Balaban J connectivity index is 3.14. The molecule has 0 aromatic rings. The van der Waals surface area contributed by atoms with Gasteiger partial charge in [-0.2, -0.15) is 5.26 Å². The molecule has 0 bridgehead atoms. The van der Waals surface area contributed by atoms with Gasteiger partial charge in [-0.15, -0.1) is 0 Å². The van der Waals surface area contributed by atoms with Crippen LogP contribution in [0.25, 0.3) is 0 Å². The van der Waals surface area contributed by atoms with E-state index >= 15 is 0 Å². The van der Waals surface area contributed by atoms with Crippen LogP contribution in [0.5, 0.6) is 0 Å². The molecule has 2 nitrogen and oxygen atoms in total. The molecule has 0 aromatic heterocycles. The molecular formula is C8H16N2. The van der Waals surface area contributed by atoms with Crippen LogP contribution in [-0.4, -0.2) is 13.1 Å². The van der Waals surface area contributed by atoms with Gasteiger partial charge in [0, 0.05) is 0 Å². The molecule has 2 heteroatoms. The fraction of sp³-hybridized carbons (Fsp3) is 0.875. The van der Waals surface area contributed by atoms with E-state index in [0.29, 0.717) is 12.0 Å². The fourth-order valence-corrected chi connectivity index (χ4v) is 0.608. The minimum absolute atomic E-state index is 0.377. The van der Waals surface area contributed by atoms with Crippen molar-refractivity contribution in [3.63, 3.8) is 0 Å². The molecule has 1 N–H and O–H groups in total. The third-order valence-electron chi connectivity index (χ3n) is 1.26. The van der Waals surface area contributed by atoms with Crippen molar-refractivity contribution in [2.75, 3.05) is 13.1 Å². The first-order valence-electron chi connectivity index (χ1n) is 3.64. The Labute approximate surface area is 63.2 Å². The summed E-state index contributed by atoms with van der Waals surface area (Å²) >= 11 is 0. The molecular weight excluding hydrogens is 124 g/mol. The van der Waals surface area contributed by atoms with E-state index in [1.807, 2.05) is 6.07 Å². The van der Waals surface area contributed by atoms with Gasteiger partial charge in [-0.3, -0.25) is 0 Å². The van der Waals surface area contributed by atoms with Crippen LogP contribution in [0.2, 0.25) is 0 Å². The Morgan fingerprint density at radius 1 is 1.40 bits per heavy atom. The second kappa shape index (κ2) is 4.29. The number of nitrogens with zero attached hydrogens (tertiary/aromatic N) is 1. The van der Waals surface area contributed by atoms with Crippen LogP contribution in [0.15, 0.2) is 0 Å². The van der Waals surface area contributed by atoms with Crippen LogP contribution in [-0.2, 0) is 0 Å². The van der Waals surface area contributed by atoms with E-state index in [2.05, 4.69) is 26.1 Å². The van der Waals surface area contributed by atoms with E-state index in [-0.39, 0.29) is 0 Å². The molecule has 0 fully saturated rings. The summed E-state index contributed by atoms with van der Waals surface area (Å²) in [4.78, 5) is 0. The average Bonchev–Trinajstić information content (AvgIpc) is 1.78. The lowest BCUT2D eigenvalue weighted by atomic mass is 9.92. The van der Waals surface area contributed by atoms with E-state index in [9.17, 15) is 0 Å². The number of nitrogens with one attached hydrogen (secondary N) is 1. The Kier molecular flexibility index (Phi) is 4.06. The number of rotatable bonds is 3. The molecule has 0 spiro atoms. The Morgan fingerprint density at radius 2 is 2.00 bits per heavy atom. The van der Waals surface area contributed by atoms with Crippen LogP contribution < -0.4 is 5.32 Å². The van der Waals surface area contributed by atoms with Crippen molar-refractivity contribution in [1.29, 1.82) is 5.26 Å². The maximum atomic E-state index is 8.18. The van der Waals surface area contributed by atoms with Crippen LogP contribution in [0.1, 0.15) is 27.2 Å². The number of nitriles is 1. The van der Waals surface area contributed by atoms with Crippen molar-refractivity contribution in [2.45, 2.75) is 27.2 Å². The van der Waals surface area contributed by atoms with Gasteiger partial charge in [0.25, 0.3) is 0 Å². The summed E-state index contributed by atoms with van der Waals surface area (Å²) in [6, 6.07) is 2.04. The maximum absolute atomic E-state index is 8.18. The smallest absolute Gasteiger partial charge is 0.0840 e. The van der Waals surface area contributed by atoms with Crippen LogP contribution in [0.3, 0.4) is 0 Å². The van der Waals surface area contributed by atoms with E-state index in [4.69, 9.17) is 5.26 Å². The minimum atomic E-state index is 0.377. The van der Waals surface area contributed by atoms with Gasteiger partial charge in [-0.25, -0.2) is 0 Å². The summed E-state index contributed by atoms with van der Waals surface area (Å²) < 4.78 is 0. The average molecular weight is 140 g/mol. The molecule has 0 aliphatic carbocycles. The lowest BCUT2D eigenvalue weighted by Gasteiger charge is -2.17. The molecule has 0 aromatic carbocycles. The van der Waals surface area contributed by atoms with E-state index < -0.39 is 0 Å². The van der Waals surface area contributed by atoms with Gasteiger partial charge in [0.05, 0.1) is 12.6 Å². The van der Waals surface area contributed by atoms with Crippen molar-refractivity contribution in [3.05, 3.63) is 0 Å². The molecule has 0 aliphatic heterocycles. The summed E-state index contributed by atoms with van der Waals surface area (Å²) in [5.41, 5.74) is 0.377. The Morgan fingerprint density at radius 3 is 2.40 bits per heavy atom. The SMILES string of the molecule is CC(C)(C)CCNCC#N. The number of hydrogen-bond acceptors (Lipinski definition) is 2. The van der Waals surface area contributed by atoms with E-state index in [1.54, 1.807) is 0 Å². The summed E-state index contributed by atoms with van der Waals surface area (Å²) in [6.45, 7) is 8.00. The fourth-order valence-electron chi connectivity index (χ4n) is 0.608. The largest absolute Gasteiger partial charge is 0.304 e. The molecule has 0 aliphatic rings. The van der Waals surface area contributed by atoms with Gasteiger partial charge < -0.3 is 5.32 Å². The molecule has 0 radical (unpaired) electrons. The molecule has 0 rings (SSSR count). The zero-order valence-electron chi connectivity index (χ0n) is 7.07. The van der Waals surface area contributed by atoms with Crippen LogP contribution in [0.4, 0.5) is 0 Å². The van der Waals surface area contributed by atoms with Crippen LogP contribution >= 0.6 is 0 Å². The minimum Gasteiger partial charge on any atom is -0.304 e. The first kappa shape index (κ1) is 9.45. The van der Waals surface area contributed by atoms with Crippen molar-refractivity contribution >= 4 is 0 Å². The van der Waals surface area contributed by atoms with Gasteiger partial charge in [0.15, 0.2) is 0 Å². The van der Waals surface area contributed by atoms with Gasteiger partial charge in [0.1, 0.15) is 0 Å². The lowest BCUT2D eigenvalue weighted by molar-refractivity contribution is 0.370. The van der Waals surface area contributed by atoms with Gasteiger partial charge in [0.2, 0.25) is 0 Å². The Bertz CT molecular complexity index is 116. The van der Waals surface area contributed by atoms with Crippen molar-refractivity contribution < 1.29 is 0 Å². The predicted molar refractivity (Wildman–Crippen MR) is 42.6 cm³/mol. The topological polar surface area (TPSA) is 35.8 Å². The van der Waals surface area contributed by atoms with Crippen molar-refractivity contribution in [2.24, 2.45) is 5.41 Å². The predicted octanol–water partition coefficient (Wildman–Crippen LogP) is 1.54. The van der Waals surface area contributed by atoms with Gasteiger partial charge in [-0.1, -0.05) is 20.8 Å². The summed E-state index contributed by atoms with van der Waals surface area (Å²) in [6.07, 6.45) is 1.12.